The molecule has 2 rings (SSSR count). The van der Waals surface area contributed by atoms with E-state index in [0.717, 1.165) is 0 Å². The molecule has 0 saturated heterocycles. The van der Waals surface area contributed by atoms with Crippen LogP contribution in [0.2, 0.25) is 0 Å². The van der Waals surface area contributed by atoms with Gasteiger partial charge in [0.05, 0.1) is 17.9 Å². The Morgan fingerprint density at radius 3 is 2.84 bits per heavy atom. The molecule has 7 heteroatoms. The van der Waals surface area contributed by atoms with Crippen LogP contribution in [0, 0.1) is 5.92 Å². The summed E-state index contributed by atoms with van der Waals surface area (Å²) >= 11 is 0. The normalized spacial score (nSPS) is 14.6. The van der Waals surface area contributed by atoms with E-state index in [0.29, 0.717) is 17.9 Å². The highest BCUT2D eigenvalue weighted by atomic mass is 32.2. The van der Waals surface area contributed by atoms with E-state index in [1.807, 2.05) is 13.8 Å². The quantitative estimate of drug-likeness (QED) is 0.791. The molecule has 1 aliphatic heterocycles. The van der Waals surface area contributed by atoms with Crippen molar-refractivity contribution in [1.82, 2.24) is 4.89 Å². The predicted molar refractivity (Wildman–Crippen MR) is 69.9 cm³/mol. The van der Waals surface area contributed by atoms with Crippen LogP contribution >= 0.6 is 0 Å². The van der Waals surface area contributed by atoms with Crippen LogP contribution in [0.5, 0.6) is 0 Å². The third kappa shape index (κ3) is 3.31. The summed E-state index contributed by atoms with van der Waals surface area (Å²) < 4.78 is 23.9. The lowest BCUT2D eigenvalue weighted by atomic mass is 10.2. The van der Waals surface area contributed by atoms with Crippen molar-refractivity contribution in [2.24, 2.45) is 5.92 Å². The van der Waals surface area contributed by atoms with Crippen molar-refractivity contribution in [3.63, 3.8) is 0 Å². The molecule has 19 heavy (non-hydrogen) atoms. The molecule has 1 aromatic rings. The van der Waals surface area contributed by atoms with E-state index in [2.05, 4.69) is 10.2 Å². The van der Waals surface area contributed by atoms with E-state index in [1.54, 1.807) is 6.07 Å². The van der Waals surface area contributed by atoms with Gasteiger partial charge in [0.2, 0.25) is 5.91 Å². The first-order valence-corrected chi connectivity index (χ1v) is 7.43. The molecule has 6 nitrogen and oxygen atoms in total. The Bertz CT molecular complexity index is 596. The predicted octanol–water partition coefficient (Wildman–Crippen LogP) is 1.05. The number of nitrogens with one attached hydrogen (secondary N) is 2. The summed E-state index contributed by atoms with van der Waals surface area (Å²) in [5.41, 5.74) is 1.34. The van der Waals surface area contributed by atoms with Gasteiger partial charge >= 0.3 is 0 Å². The van der Waals surface area contributed by atoms with Crippen molar-refractivity contribution >= 4 is 21.6 Å². The molecule has 1 amide bonds. The van der Waals surface area contributed by atoms with Crippen molar-refractivity contribution < 1.29 is 18.0 Å². The lowest BCUT2D eigenvalue weighted by Gasteiger charge is -2.09. The first-order chi connectivity index (χ1) is 8.88. The zero-order valence-electron chi connectivity index (χ0n) is 10.8. The molecule has 0 unspecified atom stereocenters. The second-order valence-corrected chi connectivity index (χ2v) is 6.48. The number of hydrogen-bond acceptors (Lipinski definition) is 4. The van der Waals surface area contributed by atoms with E-state index < -0.39 is 10.0 Å². The summed E-state index contributed by atoms with van der Waals surface area (Å²) in [7, 11) is -3.71. The SMILES string of the molecule is CC(C)CONS(=O)(=O)c1ccc2c(c1)CC(=O)N2. The number of anilines is 1. The molecule has 0 saturated carbocycles. The van der Waals surface area contributed by atoms with Gasteiger partial charge in [0.1, 0.15) is 0 Å². The highest BCUT2D eigenvalue weighted by molar-refractivity contribution is 7.89. The fourth-order valence-corrected chi connectivity index (χ4v) is 2.56. The minimum Gasteiger partial charge on any atom is -0.326 e. The molecular weight excluding hydrogens is 268 g/mol. The van der Waals surface area contributed by atoms with Gasteiger partial charge in [-0.15, -0.1) is 0 Å². The Kier molecular flexibility index (Phi) is 3.88. The second kappa shape index (κ2) is 5.28. The minimum absolute atomic E-state index is 0.0894. The van der Waals surface area contributed by atoms with Gasteiger partial charge in [0.15, 0.2) is 0 Å². The van der Waals surface area contributed by atoms with Gasteiger partial charge in [-0.1, -0.05) is 18.7 Å². The number of sulfonamides is 1. The number of carbonyl (C=O) groups excluding carboxylic acids is 1. The maximum atomic E-state index is 12.0. The van der Waals surface area contributed by atoms with Gasteiger partial charge in [-0.25, -0.2) is 8.42 Å². The zero-order chi connectivity index (χ0) is 14.0. The van der Waals surface area contributed by atoms with Gasteiger partial charge in [0, 0.05) is 5.69 Å². The zero-order valence-corrected chi connectivity index (χ0v) is 11.6. The Labute approximate surface area is 112 Å². The van der Waals surface area contributed by atoms with Gasteiger partial charge < -0.3 is 5.32 Å². The van der Waals surface area contributed by atoms with Crippen LogP contribution in [0.1, 0.15) is 19.4 Å². The summed E-state index contributed by atoms with van der Waals surface area (Å²) in [5, 5.41) is 2.65. The van der Waals surface area contributed by atoms with Crippen molar-refractivity contribution in [2.75, 3.05) is 11.9 Å². The van der Waals surface area contributed by atoms with E-state index in [9.17, 15) is 13.2 Å². The van der Waals surface area contributed by atoms with Gasteiger partial charge in [-0.05, 0) is 29.7 Å². The van der Waals surface area contributed by atoms with Gasteiger partial charge in [-0.2, -0.15) is 0 Å². The number of benzene rings is 1. The smallest absolute Gasteiger partial charge is 0.262 e. The Hall–Kier alpha value is -1.44. The summed E-state index contributed by atoms with van der Waals surface area (Å²) in [6.45, 7) is 4.13. The molecule has 1 heterocycles. The maximum absolute atomic E-state index is 12.0. The van der Waals surface area contributed by atoms with Gasteiger partial charge in [-0.3, -0.25) is 9.63 Å². The molecule has 0 bridgehead atoms. The van der Waals surface area contributed by atoms with E-state index >= 15 is 0 Å². The number of fused-ring (bicyclic) bond motifs is 1. The van der Waals surface area contributed by atoms with Crippen molar-refractivity contribution in [1.29, 1.82) is 0 Å². The second-order valence-electron chi connectivity index (χ2n) is 4.84. The summed E-state index contributed by atoms with van der Waals surface area (Å²) in [6.07, 6.45) is 0.200. The summed E-state index contributed by atoms with van der Waals surface area (Å²) in [6, 6.07) is 4.50. The molecule has 0 radical (unpaired) electrons. The van der Waals surface area contributed by atoms with E-state index in [4.69, 9.17) is 4.84 Å². The summed E-state index contributed by atoms with van der Waals surface area (Å²) in [4.78, 5) is 18.3. The highest BCUT2D eigenvalue weighted by Crippen LogP contribution is 2.25. The van der Waals surface area contributed by atoms with E-state index in [-0.39, 0.29) is 23.1 Å². The van der Waals surface area contributed by atoms with Crippen molar-refractivity contribution in [3.8, 4) is 0 Å². The van der Waals surface area contributed by atoms with Crippen LogP contribution in [0.25, 0.3) is 0 Å². The van der Waals surface area contributed by atoms with Crippen molar-refractivity contribution in [3.05, 3.63) is 23.8 Å². The lowest BCUT2D eigenvalue weighted by molar-refractivity contribution is -0.115. The summed E-state index contributed by atoms with van der Waals surface area (Å²) in [5.74, 6) is 0.0955. The van der Waals surface area contributed by atoms with Crippen LogP contribution in [0.15, 0.2) is 23.1 Å². The Morgan fingerprint density at radius 1 is 1.42 bits per heavy atom. The standard InChI is InChI=1S/C12H16N2O4S/c1-8(2)7-18-14-19(16,17)10-3-4-11-9(5-10)6-12(15)13-11/h3-5,8,14H,6-7H2,1-2H3,(H,13,15). The van der Waals surface area contributed by atoms with Crippen molar-refractivity contribution in [2.45, 2.75) is 25.2 Å². The van der Waals surface area contributed by atoms with Crippen LogP contribution in [-0.4, -0.2) is 20.9 Å². The monoisotopic (exact) mass is 284 g/mol. The molecule has 104 valence electrons. The molecule has 1 aromatic carbocycles. The fourth-order valence-electron chi connectivity index (χ4n) is 1.70. The number of amides is 1. The van der Waals surface area contributed by atoms with Crippen LogP contribution in [0.4, 0.5) is 5.69 Å². The first-order valence-electron chi connectivity index (χ1n) is 5.95. The largest absolute Gasteiger partial charge is 0.326 e. The Morgan fingerprint density at radius 2 is 2.16 bits per heavy atom. The molecule has 0 aromatic heterocycles. The van der Waals surface area contributed by atoms with Crippen LogP contribution < -0.4 is 10.2 Å². The number of hydrogen-bond donors (Lipinski definition) is 2. The molecule has 0 aliphatic carbocycles. The lowest BCUT2D eigenvalue weighted by Crippen LogP contribution is -2.25. The first kappa shape index (κ1) is 14.0. The molecule has 1 aliphatic rings. The molecule has 0 spiro atoms. The Balaban J connectivity index is 2.13. The fraction of sp³-hybridized carbons (Fsp3) is 0.417. The molecular formula is C12H16N2O4S. The number of carbonyl (C=O) groups is 1. The molecule has 0 fully saturated rings. The topological polar surface area (TPSA) is 84.5 Å². The molecule has 0 atom stereocenters. The number of rotatable bonds is 5. The molecule has 2 N–H and O–H groups in total. The minimum atomic E-state index is -3.71. The van der Waals surface area contributed by atoms with Crippen LogP contribution in [0.3, 0.4) is 0 Å². The third-order valence-corrected chi connectivity index (χ3v) is 3.81. The average Bonchev–Trinajstić information content (AvgIpc) is 2.67. The highest BCUT2D eigenvalue weighted by Gasteiger charge is 2.21. The average molecular weight is 284 g/mol. The van der Waals surface area contributed by atoms with Crippen LogP contribution in [-0.2, 0) is 26.1 Å². The van der Waals surface area contributed by atoms with Gasteiger partial charge in [0.25, 0.3) is 10.0 Å². The van der Waals surface area contributed by atoms with E-state index in [1.165, 1.54) is 12.1 Å². The third-order valence-electron chi connectivity index (χ3n) is 2.60. The maximum Gasteiger partial charge on any atom is 0.262 e.